The molecule has 2 saturated heterocycles. The first-order valence-electron chi connectivity index (χ1n) is 7.57. The Morgan fingerprint density at radius 1 is 1.40 bits per heavy atom. The van der Waals surface area contributed by atoms with Gasteiger partial charge in [-0.1, -0.05) is 23.8 Å². The minimum atomic E-state index is -0.346. The van der Waals surface area contributed by atoms with Gasteiger partial charge in [-0.3, -0.25) is 0 Å². The minimum Gasteiger partial charge on any atom is -0.388 e. The van der Waals surface area contributed by atoms with E-state index in [2.05, 4.69) is 32.0 Å². The molecule has 3 rings (SSSR count). The maximum atomic E-state index is 10.8. The van der Waals surface area contributed by atoms with E-state index in [0.29, 0.717) is 5.92 Å². The number of ether oxygens (including phenoxy) is 1. The first-order valence-corrected chi connectivity index (χ1v) is 8.72. The second kappa shape index (κ2) is 5.70. The number of thioether (sulfide) groups is 1. The van der Waals surface area contributed by atoms with Crippen molar-refractivity contribution in [1.82, 2.24) is 0 Å². The predicted octanol–water partition coefficient (Wildman–Crippen LogP) is 3.64. The van der Waals surface area contributed by atoms with Crippen LogP contribution >= 0.6 is 11.8 Å². The zero-order valence-electron chi connectivity index (χ0n) is 12.4. The summed E-state index contributed by atoms with van der Waals surface area (Å²) in [6, 6.07) is 6.38. The summed E-state index contributed by atoms with van der Waals surface area (Å²) >= 11 is 1.99. The van der Waals surface area contributed by atoms with Crippen LogP contribution in [0.4, 0.5) is 0 Å². The molecule has 0 radical (unpaired) electrons. The Morgan fingerprint density at radius 3 is 3.00 bits per heavy atom. The number of benzene rings is 1. The molecule has 3 heteroatoms. The van der Waals surface area contributed by atoms with Crippen molar-refractivity contribution in [3.05, 3.63) is 34.9 Å². The van der Waals surface area contributed by atoms with E-state index in [1.807, 2.05) is 11.8 Å². The molecule has 0 aromatic heterocycles. The largest absolute Gasteiger partial charge is 0.388 e. The van der Waals surface area contributed by atoms with E-state index in [-0.39, 0.29) is 11.7 Å². The molecule has 20 heavy (non-hydrogen) atoms. The predicted molar refractivity (Wildman–Crippen MR) is 84.2 cm³/mol. The number of hydrogen-bond acceptors (Lipinski definition) is 3. The van der Waals surface area contributed by atoms with Gasteiger partial charge >= 0.3 is 0 Å². The fourth-order valence-electron chi connectivity index (χ4n) is 3.53. The van der Waals surface area contributed by atoms with Crippen molar-refractivity contribution in [2.24, 2.45) is 5.92 Å². The van der Waals surface area contributed by atoms with Gasteiger partial charge in [-0.15, -0.1) is 0 Å². The number of aliphatic hydroxyl groups excluding tert-OH is 1. The Hall–Kier alpha value is -0.510. The van der Waals surface area contributed by atoms with Gasteiger partial charge in [0.2, 0.25) is 0 Å². The molecule has 0 bridgehead atoms. The van der Waals surface area contributed by atoms with Gasteiger partial charge in [0.1, 0.15) is 0 Å². The molecule has 2 nitrogen and oxygen atoms in total. The van der Waals surface area contributed by atoms with Gasteiger partial charge in [0.15, 0.2) is 0 Å². The smallest absolute Gasteiger partial charge is 0.0822 e. The first-order chi connectivity index (χ1) is 9.60. The van der Waals surface area contributed by atoms with E-state index < -0.39 is 0 Å². The fourth-order valence-corrected chi connectivity index (χ4v) is 4.91. The molecule has 110 valence electrons. The van der Waals surface area contributed by atoms with Crippen LogP contribution in [0.1, 0.15) is 42.1 Å². The molecule has 1 N–H and O–H groups in total. The van der Waals surface area contributed by atoms with Crippen molar-refractivity contribution in [1.29, 1.82) is 0 Å². The van der Waals surface area contributed by atoms with Crippen LogP contribution in [0, 0.1) is 19.8 Å². The van der Waals surface area contributed by atoms with Gasteiger partial charge in [-0.05, 0) is 55.9 Å². The van der Waals surface area contributed by atoms with Crippen LogP contribution in [0.2, 0.25) is 0 Å². The lowest BCUT2D eigenvalue weighted by Gasteiger charge is -2.40. The highest BCUT2D eigenvalue weighted by molar-refractivity contribution is 7.99. The van der Waals surface area contributed by atoms with Crippen LogP contribution in [0.5, 0.6) is 0 Å². The number of hydrogen-bond donors (Lipinski definition) is 1. The number of aryl methyl sites for hydroxylation is 2. The second-order valence-corrected chi connectivity index (χ2v) is 7.50. The molecule has 1 aromatic rings. The minimum absolute atomic E-state index is 0.0479. The van der Waals surface area contributed by atoms with Crippen LogP contribution < -0.4 is 0 Å². The Labute approximate surface area is 125 Å². The van der Waals surface area contributed by atoms with E-state index in [4.69, 9.17) is 4.74 Å². The lowest BCUT2D eigenvalue weighted by Crippen LogP contribution is -2.41. The quantitative estimate of drug-likeness (QED) is 0.902. The van der Waals surface area contributed by atoms with E-state index in [9.17, 15) is 5.11 Å². The Morgan fingerprint density at radius 2 is 2.25 bits per heavy atom. The average molecular weight is 292 g/mol. The molecule has 1 spiro atoms. The molecule has 2 heterocycles. The summed E-state index contributed by atoms with van der Waals surface area (Å²) in [5, 5.41) is 10.8. The number of rotatable bonds is 2. The molecule has 0 aliphatic carbocycles. The van der Waals surface area contributed by atoms with Gasteiger partial charge in [0.25, 0.3) is 0 Å². The van der Waals surface area contributed by atoms with Gasteiger partial charge in [0, 0.05) is 12.4 Å². The molecule has 2 fully saturated rings. The van der Waals surface area contributed by atoms with E-state index in [1.54, 1.807) is 0 Å². The van der Waals surface area contributed by atoms with Gasteiger partial charge in [-0.2, -0.15) is 11.8 Å². The lowest BCUT2D eigenvalue weighted by atomic mass is 9.79. The molecular formula is C17H24O2S. The van der Waals surface area contributed by atoms with Crippen LogP contribution in [-0.4, -0.2) is 28.8 Å². The van der Waals surface area contributed by atoms with Gasteiger partial charge < -0.3 is 9.84 Å². The van der Waals surface area contributed by atoms with Crippen molar-refractivity contribution in [2.45, 2.75) is 44.8 Å². The third kappa shape index (κ3) is 2.76. The Kier molecular flexibility index (Phi) is 4.11. The van der Waals surface area contributed by atoms with Crippen molar-refractivity contribution in [2.75, 3.05) is 18.1 Å². The zero-order valence-corrected chi connectivity index (χ0v) is 13.2. The zero-order chi connectivity index (χ0) is 14.2. The standard InChI is InChI=1S/C17H24O2S/c1-12-3-4-13(2)15(9-12)16(18)14-5-7-19-17(10-14)6-8-20-11-17/h3-4,9,14,16,18H,5-8,10-11H2,1-2H3. The molecule has 3 unspecified atom stereocenters. The monoisotopic (exact) mass is 292 g/mol. The normalized spacial score (nSPS) is 31.6. The van der Waals surface area contributed by atoms with Crippen molar-refractivity contribution >= 4 is 11.8 Å². The van der Waals surface area contributed by atoms with Crippen LogP contribution in [0.15, 0.2) is 18.2 Å². The van der Waals surface area contributed by atoms with E-state index in [0.717, 1.165) is 37.2 Å². The molecule has 1 aromatic carbocycles. The van der Waals surface area contributed by atoms with E-state index >= 15 is 0 Å². The summed E-state index contributed by atoms with van der Waals surface area (Å²) in [5.74, 6) is 2.64. The summed E-state index contributed by atoms with van der Waals surface area (Å²) < 4.78 is 6.06. The molecule has 3 atom stereocenters. The fraction of sp³-hybridized carbons (Fsp3) is 0.647. The first kappa shape index (κ1) is 14.4. The maximum Gasteiger partial charge on any atom is 0.0822 e. The average Bonchev–Trinajstić information content (AvgIpc) is 2.88. The highest BCUT2D eigenvalue weighted by atomic mass is 32.2. The Bertz CT molecular complexity index is 480. The molecular weight excluding hydrogens is 268 g/mol. The highest BCUT2D eigenvalue weighted by Crippen LogP contribution is 2.44. The summed E-state index contributed by atoms with van der Waals surface area (Å²) in [5.41, 5.74) is 3.58. The van der Waals surface area contributed by atoms with Gasteiger partial charge in [-0.25, -0.2) is 0 Å². The topological polar surface area (TPSA) is 29.5 Å². The summed E-state index contributed by atoms with van der Waals surface area (Å²) in [6.45, 7) is 4.99. The summed E-state index contributed by atoms with van der Waals surface area (Å²) in [6.07, 6.45) is 2.78. The number of aliphatic hydroxyl groups is 1. The second-order valence-electron chi connectivity index (χ2n) is 6.39. The molecule has 2 aliphatic heterocycles. The SMILES string of the molecule is Cc1ccc(C)c(C(O)C2CCOC3(CCSC3)C2)c1. The summed E-state index contributed by atoms with van der Waals surface area (Å²) in [7, 11) is 0. The highest BCUT2D eigenvalue weighted by Gasteiger charge is 2.42. The third-order valence-electron chi connectivity index (χ3n) is 4.80. The Balaban J connectivity index is 1.79. The molecule has 2 aliphatic rings. The van der Waals surface area contributed by atoms with Crippen LogP contribution in [0.3, 0.4) is 0 Å². The van der Waals surface area contributed by atoms with Crippen molar-refractivity contribution < 1.29 is 9.84 Å². The van der Waals surface area contributed by atoms with Crippen molar-refractivity contribution in [3.8, 4) is 0 Å². The van der Waals surface area contributed by atoms with Crippen LogP contribution in [-0.2, 0) is 4.74 Å². The maximum absolute atomic E-state index is 10.8. The van der Waals surface area contributed by atoms with Crippen molar-refractivity contribution in [3.63, 3.8) is 0 Å². The summed E-state index contributed by atoms with van der Waals surface area (Å²) in [4.78, 5) is 0. The third-order valence-corrected chi connectivity index (χ3v) is 6.02. The molecule has 0 amide bonds. The van der Waals surface area contributed by atoms with E-state index in [1.165, 1.54) is 16.9 Å². The molecule has 0 saturated carbocycles. The van der Waals surface area contributed by atoms with Crippen LogP contribution in [0.25, 0.3) is 0 Å². The van der Waals surface area contributed by atoms with Gasteiger partial charge in [0.05, 0.1) is 11.7 Å². The lowest BCUT2D eigenvalue weighted by molar-refractivity contribution is -0.102.